The van der Waals surface area contributed by atoms with Crippen LogP contribution in [0.4, 0.5) is 0 Å². The SMILES string of the molecule is CCCCCCCOc1ccc(-c2cnc(-c3ccc(C[C@H](NC(=O)c4ccc(C(C)(C)C)cc4)C(=O)N[C@H](CN)C(=O)O)cc3)nc2)cc1. The molecule has 4 rings (SSSR count). The molecule has 4 aromatic rings. The molecule has 0 saturated heterocycles. The molecular weight excluding hydrogens is 630 g/mol. The fourth-order valence-electron chi connectivity index (χ4n) is 5.36. The molecular formula is C40H49N5O5. The lowest BCUT2D eigenvalue weighted by atomic mass is 9.86. The number of unbranched alkanes of at least 4 members (excludes halogenated alkanes) is 4. The summed E-state index contributed by atoms with van der Waals surface area (Å²) in [6.07, 6.45) is 9.66. The van der Waals surface area contributed by atoms with Gasteiger partial charge in [0, 0.05) is 42.0 Å². The third-order valence-electron chi connectivity index (χ3n) is 8.49. The fourth-order valence-corrected chi connectivity index (χ4v) is 5.36. The fraction of sp³-hybridized carbons (Fsp3) is 0.375. The first kappa shape index (κ1) is 37.7. The van der Waals surface area contributed by atoms with Crippen LogP contribution in [0.25, 0.3) is 22.5 Å². The van der Waals surface area contributed by atoms with Gasteiger partial charge in [0.25, 0.3) is 5.91 Å². The second-order valence-electron chi connectivity index (χ2n) is 13.5. The third-order valence-corrected chi connectivity index (χ3v) is 8.49. The second-order valence-corrected chi connectivity index (χ2v) is 13.5. The van der Waals surface area contributed by atoms with Crippen LogP contribution in [0.15, 0.2) is 85.2 Å². The molecule has 2 atom stereocenters. The van der Waals surface area contributed by atoms with Crippen LogP contribution in [0.2, 0.25) is 0 Å². The largest absolute Gasteiger partial charge is 0.494 e. The van der Waals surface area contributed by atoms with Crippen LogP contribution >= 0.6 is 0 Å². The molecule has 1 aromatic heterocycles. The van der Waals surface area contributed by atoms with E-state index in [1.807, 2.05) is 60.7 Å². The maximum Gasteiger partial charge on any atom is 0.327 e. The highest BCUT2D eigenvalue weighted by Gasteiger charge is 2.27. The number of carbonyl (C=O) groups excluding carboxylic acids is 2. The Bertz CT molecular complexity index is 1680. The maximum absolute atomic E-state index is 13.2. The molecule has 50 heavy (non-hydrogen) atoms. The molecule has 10 heteroatoms. The van der Waals surface area contributed by atoms with E-state index < -0.39 is 29.9 Å². The van der Waals surface area contributed by atoms with Gasteiger partial charge in [0.15, 0.2) is 5.82 Å². The summed E-state index contributed by atoms with van der Waals surface area (Å²) >= 11 is 0. The van der Waals surface area contributed by atoms with E-state index in [0.29, 0.717) is 18.0 Å². The summed E-state index contributed by atoms with van der Waals surface area (Å²) < 4.78 is 5.88. The van der Waals surface area contributed by atoms with Crippen LogP contribution in [-0.4, -0.2) is 58.1 Å². The number of amides is 2. The van der Waals surface area contributed by atoms with Gasteiger partial charge in [-0.15, -0.1) is 0 Å². The molecule has 1 heterocycles. The summed E-state index contributed by atoms with van der Waals surface area (Å²) in [6, 6.07) is 20.1. The summed E-state index contributed by atoms with van der Waals surface area (Å²) in [6.45, 7) is 8.88. The number of carbonyl (C=O) groups is 3. The van der Waals surface area contributed by atoms with Crippen LogP contribution in [0.3, 0.4) is 0 Å². The van der Waals surface area contributed by atoms with E-state index >= 15 is 0 Å². The molecule has 264 valence electrons. The number of rotatable bonds is 17. The first-order chi connectivity index (χ1) is 24.0. The van der Waals surface area contributed by atoms with Gasteiger partial charge in [-0.3, -0.25) is 9.59 Å². The van der Waals surface area contributed by atoms with Gasteiger partial charge in [0.2, 0.25) is 5.91 Å². The lowest BCUT2D eigenvalue weighted by molar-refractivity contribution is -0.141. The Morgan fingerprint density at radius 3 is 1.98 bits per heavy atom. The minimum atomic E-state index is -1.29. The minimum absolute atomic E-state index is 0.0839. The normalized spacial score (nSPS) is 12.5. The Hall–Kier alpha value is -5.09. The number of nitrogens with one attached hydrogen (secondary N) is 2. The maximum atomic E-state index is 13.2. The van der Waals surface area contributed by atoms with Crippen LogP contribution < -0.4 is 21.1 Å². The molecule has 5 N–H and O–H groups in total. The lowest BCUT2D eigenvalue weighted by Gasteiger charge is -2.22. The van der Waals surface area contributed by atoms with E-state index in [2.05, 4.69) is 48.3 Å². The molecule has 0 spiro atoms. The molecule has 0 aliphatic rings. The highest BCUT2D eigenvalue weighted by atomic mass is 16.5. The van der Waals surface area contributed by atoms with Crippen molar-refractivity contribution in [2.75, 3.05) is 13.2 Å². The number of aromatic nitrogens is 2. The summed E-state index contributed by atoms with van der Waals surface area (Å²) in [5.41, 5.74) is 10.3. The standard InChI is InChI=1S/C40H49N5O5/c1-5-6-7-8-9-22-50-33-20-16-28(17-21-33)31-25-42-36(43-26-31)29-12-10-27(11-13-29)23-34(38(47)45-35(24-41)39(48)49)44-37(46)30-14-18-32(19-15-30)40(2,3)4/h10-21,25-26,34-35H,5-9,22-24,41H2,1-4H3,(H,44,46)(H,45,47)(H,48,49)/t34-,35+/m0/s1. The van der Waals surface area contributed by atoms with Gasteiger partial charge in [0.1, 0.15) is 17.8 Å². The molecule has 0 bridgehead atoms. The summed E-state index contributed by atoms with van der Waals surface area (Å²) in [4.78, 5) is 47.2. The highest BCUT2D eigenvalue weighted by molar-refractivity contribution is 5.98. The predicted octanol–water partition coefficient (Wildman–Crippen LogP) is 6.33. The van der Waals surface area contributed by atoms with E-state index in [1.54, 1.807) is 24.5 Å². The molecule has 2 amide bonds. The van der Waals surface area contributed by atoms with Crippen molar-refractivity contribution in [3.8, 4) is 28.3 Å². The first-order valence-electron chi connectivity index (χ1n) is 17.3. The van der Waals surface area contributed by atoms with Crippen molar-refractivity contribution in [2.45, 2.75) is 83.7 Å². The number of aliphatic carboxylic acids is 1. The van der Waals surface area contributed by atoms with Crippen molar-refractivity contribution in [1.82, 2.24) is 20.6 Å². The number of benzene rings is 3. The quantitative estimate of drug-likeness (QED) is 0.0944. The van der Waals surface area contributed by atoms with Crippen molar-refractivity contribution >= 4 is 17.8 Å². The van der Waals surface area contributed by atoms with E-state index in [0.717, 1.165) is 40.0 Å². The Morgan fingerprint density at radius 1 is 0.780 bits per heavy atom. The predicted molar refractivity (Wildman–Crippen MR) is 196 cm³/mol. The lowest BCUT2D eigenvalue weighted by Crippen LogP contribution is -2.54. The Labute approximate surface area is 294 Å². The third kappa shape index (κ3) is 11.0. The number of hydrogen-bond donors (Lipinski definition) is 4. The van der Waals surface area contributed by atoms with Crippen LogP contribution in [-0.2, 0) is 21.4 Å². The van der Waals surface area contributed by atoms with Gasteiger partial charge in [-0.1, -0.05) is 102 Å². The molecule has 0 radical (unpaired) electrons. The molecule has 0 unspecified atom stereocenters. The molecule has 0 saturated carbocycles. The topological polar surface area (TPSA) is 157 Å². The molecule has 10 nitrogen and oxygen atoms in total. The molecule has 0 aliphatic carbocycles. The van der Waals surface area contributed by atoms with E-state index in [-0.39, 0.29) is 18.4 Å². The number of carboxylic acids is 1. The minimum Gasteiger partial charge on any atom is -0.494 e. The second kappa shape index (κ2) is 18.1. The van der Waals surface area contributed by atoms with Crippen molar-refractivity contribution in [3.63, 3.8) is 0 Å². The summed E-state index contributed by atoms with van der Waals surface area (Å²) in [5.74, 6) is -0.967. The monoisotopic (exact) mass is 679 g/mol. The van der Waals surface area contributed by atoms with Crippen molar-refractivity contribution in [1.29, 1.82) is 0 Å². The van der Waals surface area contributed by atoms with Gasteiger partial charge in [-0.25, -0.2) is 14.8 Å². The zero-order valence-electron chi connectivity index (χ0n) is 29.4. The van der Waals surface area contributed by atoms with Crippen LogP contribution in [0.5, 0.6) is 5.75 Å². The number of hydrogen-bond acceptors (Lipinski definition) is 7. The van der Waals surface area contributed by atoms with Crippen LogP contribution in [0, 0.1) is 0 Å². The zero-order valence-corrected chi connectivity index (χ0v) is 29.4. The molecule has 0 aliphatic heterocycles. The average Bonchev–Trinajstić information content (AvgIpc) is 3.12. The highest BCUT2D eigenvalue weighted by Crippen LogP contribution is 2.24. The van der Waals surface area contributed by atoms with Gasteiger partial charge in [-0.05, 0) is 52.8 Å². The first-order valence-corrected chi connectivity index (χ1v) is 17.3. The van der Waals surface area contributed by atoms with Crippen molar-refractivity contribution in [2.24, 2.45) is 5.73 Å². The number of nitrogens with two attached hydrogens (primary N) is 1. The smallest absolute Gasteiger partial charge is 0.327 e. The van der Waals surface area contributed by atoms with E-state index in [4.69, 9.17) is 10.5 Å². The Morgan fingerprint density at radius 2 is 1.40 bits per heavy atom. The van der Waals surface area contributed by atoms with Crippen LogP contribution in [0.1, 0.15) is 81.3 Å². The molecule has 0 fully saturated rings. The average molecular weight is 680 g/mol. The van der Waals surface area contributed by atoms with Gasteiger partial charge in [-0.2, -0.15) is 0 Å². The Balaban J connectivity index is 1.41. The van der Waals surface area contributed by atoms with Crippen molar-refractivity contribution in [3.05, 3.63) is 102 Å². The van der Waals surface area contributed by atoms with E-state index in [1.165, 1.54) is 25.7 Å². The van der Waals surface area contributed by atoms with Gasteiger partial charge < -0.3 is 26.2 Å². The number of ether oxygens (including phenoxy) is 1. The molecule has 3 aromatic carbocycles. The zero-order chi connectivity index (χ0) is 36.1. The van der Waals surface area contributed by atoms with Gasteiger partial charge in [0.05, 0.1) is 6.61 Å². The van der Waals surface area contributed by atoms with Gasteiger partial charge >= 0.3 is 5.97 Å². The Kier molecular flexibility index (Phi) is 13.6. The summed E-state index contributed by atoms with van der Waals surface area (Å²) in [5, 5.41) is 14.7. The number of nitrogens with zero attached hydrogens (tertiary/aromatic N) is 2. The van der Waals surface area contributed by atoms with Crippen molar-refractivity contribution < 1.29 is 24.2 Å². The number of carboxylic acid groups (broad SMARTS) is 1. The summed E-state index contributed by atoms with van der Waals surface area (Å²) in [7, 11) is 0. The van der Waals surface area contributed by atoms with E-state index in [9.17, 15) is 19.5 Å².